The van der Waals surface area contributed by atoms with E-state index in [1.54, 1.807) is 18.2 Å². The number of anilines is 1. The van der Waals surface area contributed by atoms with E-state index < -0.39 is 25.1 Å². The molecular weight excluding hydrogens is 244 g/mol. The summed E-state index contributed by atoms with van der Waals surface area (Å²) in [4.78, 5) is 11.3. The second kappa shape index (κ2) is 6.51. The maximum absolute atomic E-state index is 11.9. The average Bonchev–Trinajstić information content (AvgIpc) is 2.36. The third-order valence-corrected chi connectivity index (χ3v) is 2.01. The van der Waals surface area contributed by atoms with Crippen molar-refractivity contribution < 1.29 is 18.7 Å². The number of nitrogens with zero attached hydrogens (tertiary/aromatic N) is 1. The predicted octanol–water partition coefficient (Wildman–Crippen LogP) is 1.31. The first-order valence-electron chi connectivity index (χ1n) is 5.04. The summed E-state index contributed by atoms with van der Waals surface area (Å²) in [6, 6.07) is 7.27. The van der Waals surface area contributed by atoms with Crippen LogP contribution in [0.5, 0.6) is 0 Å². The van der Waals surface area contributed by atoms with Crippen molar-refractivity contribution in [3.63, 3.8) is 0 Å². The number of rotatable bonds is 4. The van der Waals surface area contributed by atoms with Crippen LogP contribution in [-0.2, 0) is 0 Å². The molecular formula is C11H11F2N3O2. The molecule has 1 atom stereocenters. The Labute approximate surface area is 102 Å². The Kier molecular flexibility index (Phi) is 5.02. The molecule has 1 unspecified atom stereocenters. The van der Waals surface area contributed by atoms with E-state index in [1.807, 2.05) is 6.07 Å². The van der Waals surface area contributed by atoms with Crippen LogP contribution in [0.15, 0.2) is 24.3 Å². The van der Waals surface area contributed by atoms with Crippen molar-refractivity contribution in [1.82, 2.24) is 5.32 Å². The van der Waals surface area contributed by atoms with Gasteiger partial charge in [0.25, 0.3) is 6.43 Å². The Hall–Kier alpha value is -2.20. The number of alkyl halides is 2. The zero-order valence-corrected chi connectivity index (χ0v) is 9.23. The smallest absolute Gasteiger partial charge is 0.319 e. The highest BCUT2D eigenvalue weighted by Crippen LogP contribution is 2.09. The zero-order chi connectivity index (χ0) is 13.5. The van der Waals surface area contributed by atoms with Gasteiger partial charge in [-0.25, -0.2) is 13.6 Å². The fraction of sp³-hybridized carbons (Fsp3) is 0.273. The number of carbonyl (C=O) groups excluding carboxylic acids is 1. The van der Waals surface area contributed by atoms with Gasteiger partial charge in [0.1, 0.15) is 6.10 Å². The van der Waals surface area contributed by atoms with Gasteiger partial charge in [-0.15, -0.1) is 0 Å². The molecule has 3 N–H and O–H groups in total. The van der Waals surface area contributed by atoms with Crippen molar-refractivity contribution in [3.8, 4) is 6.07 Å². The van der Waals surface area contributed by atoms with Crippen LogP contribution in [-0.4, -0.2) is 30.2 Å². The summed E-state index contributed by atoms with van der Waals surface area (Å²) in [6.07, 6.45) is -4.81. The first kappa shape index (κ1) is 13.9. The Morgan fingerprint density at radius 1 is 1.50 bits per heavy atom. The quantitative estimate of drug-likeness (QED) is 0.758. The van der Waals surface area contributed by atoms with E-state index in [0.717, 1.165) is 0 Å². The van der Waals surface area contributed by atoms with Gasteiger partial charge in [-0.1, -0.05) is 6.07 Å². The number of nitrogens with one attached hydrogen (secondary N) is 2. The molecule has 0 aromatic heterocycles. The number of carbonyl (C=O) groups is 1. The molecule has 96 valence electrons. The van der Waals surface area contributed by atoms with E-state index in [1.165, 1.54) is 6.07 Å². The molecule has 0 bridgehead atoms. The maximum atomic E-state index is 11.9. The molecule has 0 fully saturated rings. The molecule has 7 heteroatoms. The molecule has 0 spiro atoms. The van der Waals surface area contributed by atoms with E-state index in [-0.39, 0.29) is 0 Å². The highest BCUT2D eigenvalue weighted by molar-refractivity contribution is 5.89. The standard InChI is InChI=1S/C11H11F2N3O2/c12-10(13)9(17)6-15-11(18)16-8-3-1-2-7(4-8)5-14/h1-4,9-10,17H,6H2,(H2,15,16,18). The molecule has 0 heterocycles. The minimum atomic E-state index is -2.91. The first-order chi connectivity index (χ1) is 8.52. The molecule has 0 saturated carbocycles. The van der Waals surface area contributed by atoms with Gasteiger partial charge in [0.05, 0.1) is 18.2 Å². The Morgan fingerprint density at radius 3 is 2.83 bits per heavy atom. The third kappa shape index (κ3) is 4.35. The van der Waals surface area contributed by atoms with E-state index >= 15 is 0 Å². The Morgan fingerprint density at radius 2 is 2.22 bits per heavy atom. The van der Waals surface area contributed by atoms with Gasteiger partial charge in [0, 0.05) is 5.69 Å². The number of aliphatic hydroxyl groups is 1. The fourth-order valence-corrected chi connectivity index (χ4v) is 1.13. The highest BCUT2D eigenvalue weighted by atomic mass is 19.3. The van der Waals surface area contributed by atoms with Gasteiger partial charge < -0.3 is 15.7 Å². The predicted molar refractivity (Wildman–Crippen MR) is 60.2 cm³/mol. The van der Waals surface area contributed by atoms with Crippen molar-refractivity contribution in [2.75, 3.05) is 11.9 Å². The van der Waals surface area contributed by atoms with Crippen molar-refractivity contribution in [2.24, 2.45) is 0 Å². The molecule has 1 rings (SSSR count). The summed E-state index contributed by atoms with van der Waals surface area (Å²) < 4.78 is 23.9. The molecule has 0 aliphatic heterocycles. The zero-order valence-electron chi connectivity index (χ0n) is 9.23. The average molecular weight is 255 g/mol. The van der Waals surface area contributed by atoms with Gasteiger partial charge in [0.2, 0.25) is 0 Å². The number of urea groups is 1. The van der Waals surface area contributed by atoms with E-state index in [9.17, 15) is 13.6 Å². The molecule has 2 amide bonds. The Bertz CT molecular complexity index is 460. The van der Waals surface area contributed by atoms with Gasteiger partial charge in [0.15, 0.2) is 0 Å². The summed E-state index contributed by atoms with van der Waals surface area (Å²) in [5.41, 5.74) is 0.721. The molecule has 1 aromatic rings. The summed E-state index contributed by atoms with van der Waals surface area (Å²) in [5.74, 6) is 0. The normalized spacial score (nSPS) is 11.7. The van der Waals surface area contributed by atoms with Gasteiger partial charge in [-0.2, -0.15) is 5.26 Å². The molecule has 0 aliphatic carbocycles. The van der Waals surface area contributed by atoms with Gasteiger partial charge in [-0.05, 0) is 18.2 Å². The van der Waals surface area contributed by atoms with E-state index in [0.29, 0.717) is 11.3 Å². The molecule has 5 nitrogen and oxygen atoms in total. The number of amides is 2. The number of hydrogen-bond acceptors (Lipinski definition) is 3. The summed E-state index contributed by atoms with van der Waals surface area (Å²) in [6.45, 7) is -0.554. The number of nitriles is 1. The van der Waals surface area contributed by atoms with E-state index in [4.69, 9.17) is 10.4 Å². The van der Waals surface area contributed by atoms with Crippen LogP contribution in [0.2, 0.25) is 0 Å². The van der Waals surface area contributed by atoms with Crippen molar-refractivity contribution in [1.29, 1.82) is 5.26 Å². The van der Waals surface area contributed by atoms with Gasteiger partial charge >= 0.3 is 6.03 Å². The largest absolute Gasteiger partial charge is 0.385 e. The van der Waals surface area contributed by atoms with Crippen molar-refractivity contribution in [3.05, 3.63) is 29.8 Å². The molecule has 0 radical (unpaired) electrons. The lowest BCUT2D eigenvalue weighted by Gasteiger charge is -2.11. The fourth-order valence-electron chi connectivity index (χ4n) is 1.13. The molecule has 1 aromatic carbocycles. The molecule has 18 heavy (non-hydrogen) atoms. The van der Waals surface area contributed by atoms with Crippen LogP contribution >= 0.6 is 0 Å². The van der Waals surface area contributed by atoms with Crippen LogP contribution in [0, 0.1) is 11.3 Å². The van der Waals surface area contributed by atoms with Crippen LogP contribution in [0.25, 0.3) is 0 Å². The number of benzene rings is 1. The lowest BCUT2D eigenvalue weighted by atomic mass is 10.2. The topological polar surface area (TPSA) is 85.2 Å². The monoisotopic (exact) mass is 255 g/mol. The second-order valence-corrected chi connectivity index (χ2v) is 3.43. The second-order valence-electron chi connectivity index (χ2n) is 3.43. The minimum absolute atomic E-state index is 0.359. The van der Waals surface area contributed by atoms with Crippen LogP contribution < -0.4 is 10.6 Å². The highest BCUT2D eigenvalue weighted by Gasteiger charge is 2.17. The van der Waals surface area contributed by atoms with Crippen molar-refractivity contribution >= 4 is 11.7 Å². The third-order valence-electron chi connectivity index (χ3n) is 2.01. The van der Waals surface area contributed by atoms with Crippen LogP contribution in [0.1, 0.15) is 5.56 Å². The summed E-state index contributed by atoms with van der Waals surface area (Å²) >= 11 is 0. The molecule has 0 aliphatic rings. The summed E-state index contributed by atoms with van der Waals surface area (Å²) in [7, 11) is 0. The van der Waals surface area contributed by atoms with Crippen LogP contribution in [0.4, 0.5) is 19.3 Å². The van der Waals surface area contributed by atoms with Crippen LogP contribution in [0.3, 0.4) is 0 Å². The van der Waals surface area contributed by atoms with Crippen molar-refractivity contribution in [2.45, 2.75) is 12.5 Å². The lowest BCUT2D eigenvalue weighted by molar-refractivity contribution is -0.00155. The molecule has 0 saturated heterocycles. The van der Waals surface area contributed by atoms with Gasteiger partial charge in [-0.3, -0.25) is 0 Å². The van der Waals surface area contributed by atoms with E-state index in [2.05, 4.69) is 10.6 Å². The number of hydrogen-bond donors (Lipinski definition) is 3. The Balaban J connectivity index is 2.47. The summed E-state index contributed by atoms with van der Waals surface area (Å²) in [5, 5.41) is 21.9. The first-order valence-corrected chi connectivity index (χ1v) is 5.04. The number of halogens is 2. The minimum Gasteiger partial charge on any atom is -0.385 e. The lowest BCUT2D eigenvalue weighted by Crippen LogP contribution is -2.38. The maximum Gasteiger partial charge on any atom is 0.319 e. The number of aliphatic hydroxyl groups excluding tert-OH is 1. The SMILES string of the molecule is N#Cc1cccc(NC(=O)NCC(O)C(F)F)c1.